The molecule has 0 aliphatic carbocycles. The number of methoxy groups -OCH3 is 1. The Kier molecular flexibility index (Phi) is 10.9. The molecule has 2 aromatic carbocycles. The lowest BCUT2D eigenvalue weighted by molar-refractivity contribution is 0.00922. The summed E-state index contributed by atoms with van der Waals surface area (Å²) in [4.78, 5) is 34.3. The molecule has 3 aromatic rings. The number of hydrogen-bond donors (Lipinski definition) is 2. The molecule has 42 heavy (non-hydrogen) atoms. The van der Waals surface area contributed by atoms with Gasteiger partial charge in [-0.05, 0) is 49.1 Å². The predicted molar refractivity (Wildman–Crippen MR) is 166 cm³/mol. The molecule has 1 aliphatic heterocycles. The molecule has 0 radical (unpaired) electrons. The van der Waals surface area contributed by atoms with Gasteiger partial charge in [0.25, 0.3) is 5.91 Å². The first-order valence-electron chi connectivity index (χ1n) is 14.6. The highest BCUT2D eigenvalue weighted by Gasteiger charge is 2.28. The average molecular weight is 574 g/mol. The molecule has 0 fully saturated rings. The van der Waals surface area contributed by atoms with Crippen LogP contribution in [0, 0.1) is 5.92 Å². The van der Waals surface area contributed by atoms with Gasteiger partial charge in [-0.1, -0.05) is 44.2 Å². The minimum atomic E-state index is -0.293. The average Bonchev–Trinajstić information content (AvgIpc) is 3.01. The Morgan fingerprint density at radius 2 is 1.88 bits per heavy atom. The number of amides is 3. The molecule has 0 bridgehead atoms. The smallest absolute Gasteiger partial charge is 0.319 e. The molecule has 4 rings (SSSR count). The topological polar surface area (TPSA) is 96.0 Å². The number of carbonyl (C=O) groups is 2. The second kappa shape index (κ2) is 14.8. The Labute approximate surface area is 249 Å². The normalized spacial score (nSPS) is 20.1. The lowest BCUT2D eigenvalue weighted by atomic mass is 10.0. The van der Waals surface area contributed by atoms with Crippen molar-refractivity contribution >= 4 is 17.6 Å². The van der Waals surface area contributed by atoms with Crippen molar-refractivity contribution in [3.63, 3.8) is 0 Å². The van der Waals surface area contributed by atoms with Gasteiger partial charge in [0.05, 0.1) is 17.4 Å². The maximum Gasteiger partial charge on any atom is 0.319 e. The lowest BCUT2D eigenvalue weighted by Gasteiger charge is -2.36. The number of benzene rings is 2. The highest BCUT2D eigenvalue weighted by molar-refractivity contribution is 5.98. The number of nitrogens with one attached hydrogen (secondary N) is 2. The Bertz CT molecular complexity index is 1320. The van der Waals surface area contributed by atoms with Crippen LogP contribution in [0.3, 0.4) is 0 Å². The van der Waals surface area contributed by atoms with E-state index >= 15 is 0 Å². The number of hydrogen-bond acceptors (Lipinski definition) is 6. The summed E-state index contributed by atoms with van der Waals surface area (Å²) in [7, 11) is 3.48. The molecule has 2 heterocycles. The summed E-state index contributed by atoms with van der Waals surface area (Å²) in [5, 5.41) is 5.65. The monoisotopic (exact) mass is 573 g/mol. The van der Waals surface area contributed by atoms with Gasteiger partial charge < -0.3 is 25.0 Å². The van der Waals surface area contributed by atoms with E-state index < -0.39 is 0 Å². The van der Waals surface area contributed by atoms with Gasteiger partial charge in [-0.2, -0.15) is 0 Å². The first-order chi connectivity index (χ1) is 20.3. The molecule has 3 amide bonds. The fourth-order valence-electron chi connectivity index (χ4n) is 5.11. The summed E-state index contributed by atoms with van der Waals surface area (Å²) in [5.41, 5.74) is 4.22. The number of urea groups is 1. The van der Waals surface area contributed by atoms with Crippen molar-refractivity contribution < 1.29 is 19.1 Å². The molecule has 1 aromatic heterocycles. The first kappa shape index (κ1) is 31.0. The lowest BCUT2D eigenvalue weighted by Crippen LogP contribution is -2.46. The molecule has 3 atom stereocenters. The minimum Gasteiger partial charge on any atom is -0.491 e. The van der Waals surface area contributed by atoms with E-state index in [2.05, 4.69) is 58.6 Å². The van der Waals surface area contributed by atoms with Crippen molar-refractivity contribution in [2.45, 2.75) is 45.9 Å². The third-order valence-electron chi connectivity index (χ3n) is 7.67. The second-order valence-electron chi connectivity index (χ2n) is 11.0. The summed E-state index contributed by atoms with van der Waals surface area (Å²) in [6.07, 6.45) is 2.50. The zero-order valence-corrected chi connectivity index (χ0v) is 25.3. The first-order valence-corrected chi connectivity index (χ1v) is 14.6. The molecule has 2 N–H and O–H groups in total. The molecule has 0 spiro atoms. The van der Waals surface area contributed by atoms with E-state index in [1.54, 1.807) is 43.5 Å². The van der Waals surface area contributed by atoms with Gasteiger partial charge in [-0.15, -0.1) is 0 Å². The minimum absolute atomic E-state index is 0.0324. The standard InChI is InChI=1S/C33H43N5O4/c1-6-16-35-33(40)36-27-14-15-28-30(18-27)42-22-24(3)38(19-23(2)31(41-5)21-37(4)32(28)39)20-25-10-12-26(13-11-25)29-9-7-8-17-34-29/h7-15,17-18,23-24,31H,6,16,19-22H2,1-5H3,(H2,35,36,40)/t23-,24+,31+/m0/s1. The van der Waals surface area contributed by atoms with Gasteiger partial charge in [0.2, 0.25) is 0 Å². The number of rotatable bonds is 7. The predicted octanol–water partition coefficient (Wildman–Crippen LogP) is 5.29. The number of likely N-dealkylation sites (N-methyl/N-ethyl adjacent to an activating group) is 1. The maximum absolute atomic E-state index is 13.5. The van der Waals surface area contributed by atoms with Crippen molar-refractivity contribution in [2.75, 3.05) is 45.7 Å². The van der Waals surface area contributed by atoms with E-state index in [0.717, 1.165) is 30.8 Å². The van der Waals surface area contributed by atoms with E-state index in [4.69, 9.17) is 9.47 Å². The molecule has 0 saturated carbocycles. The number of aromatic nitrogens is 1. The second-order valence-corrected chi connectivity index (χ2v) is 11.0. The molecule has 0 saturated heterocycles. The zero-order valence-electron chi connectivity index (χ0n) is 25.3. The Morgan fingerprint density at radius 1 is 1.10 bits per heavy atom. The Balaban J connectivity index is 1.58. The molecule has 224 valence electrons. The summed E-state index contributed by atoms with van der Waals surface area (Å²) in [6, 6.07) is 19.3. The molecule has 1 aliphatic rings. The van der Waals surface area contributed by atoms with Crippen LogP contribution in [0.1, 0.15) is 43.1 Å². The molecular weight excluding hydrogens is 530 g/mol. The van der Waals surface area contributed by atoms with Crippen molar-refractivity contribution in [1.29, 1.82) is 0 Å². The van der Waals surface area contributed by atoms with Crippen LogP contribution < -0.4 is 15.4 Å². The van der Waals surface area contributed by atoms with Gasteiger partial charge >= 0.3 is 6.03 Å². The van der Waals surface area contributed by atoms with Crippen molar-refractivity contribution in [3.8, 4) is 17.0 Å². The van der Waals surface area contributed by atoms with E-state index in [0.29, 0.717) is 36.7 Å². The van der Waals surface area contributed by atoms with Gasteiger partial charge in [0.15, 0.2) is 0 Å². The van der Waals surface area contributed by atoms with Crippen molar-refractivity contribution in [3.05, 3.63) is 78.0 Å². The highest BCUT2D eigenvalue weighted by atomic mass is 16.5. The van der Waals surface area contributed by atoms with Crippen molar-refractivity contribution in [2.24, 2.45) is 5.92 Å². The van der Waals surface area contributed by atoms with E-state index in [1.807, 2.05) is 25.1 Å². The van der Waals surface area contributed by atoms with Gasteiger partial charge in [-0.25, -0.2) is 4.79 Å². The van der Waals surface area contributed by atoms with Crippen LogP contribution in [0.5, 0.6) is 5.75 Å². The summed E-state index contributed by atoms with van der Waals surface area (Å²) < 4.78 is 12.2. The van der Waals surface area contributed by atoms with Crippen LogP contribution >= 0.6 is 0 Å². The van der Waals surface area contributed by atoms with E-state index in [-0.39, 0.29) is 30.0 Å². The molecule has 9 heteroatoms. The third kappa shape index (κ3) is 8.08. The third-order valence-corrected chi connectivity index (χ3v) is 7.67. The summed E-state index contributed by atoms with van der Waals surface area (Å²) in [5.74, 6) is 0.446. The number of carbonyl (C=O) groups excluding carboxylic acids is 2. The SMILES string of the molecule is CCCNC(=O)Nc1ccc2c(c1)OC[C@@H](C)N(Cc1ccc(-c3ccccn3)cc1)C[C@H](C)[C@H](OC)CN(C)C2=O. The number of pyridine rings is 1. The summed E-state index contributed by atoms with van der Waals surface area (Å²) >= 11 is 0. The van der Waals surface area contributed by atoms with Gasteiger partial charge in [-0.3, -0.25) is 14.7 Å². The molecule has 9 nitrogen and oxygen atoms in total. The quantitative estimate of drug-likeness (QED) is 0.399. The van der Waals surface area contributed by atoms with Crippen LogP contribution in [-0.2, 0) is 11.3 Å². The van der Waals surface area contributed by atoms with Crippen LogP contribution in [0.4, 0.5) is 10.5 Å². The maximum atomic E-state index is 13.5. The van der Waals surface area contributed by atoms with Crippen LogP contribution in [0.15, 0.2) is 66.9 Å². The fraction of sp³-hybridized carbons (Fsp3) is 0.424. The van der Waals surface area contributed by atoms with Gasteiger partial charge in [0, 0.05) is 69.9 Å². The number of anilines is 1. The Hall–Kier alpha value is -3.95. The molecule has 0 unspecified atom stereocenters. The largest absolute Gasteiger partial charge is 0.491 e. The number of fused-ring (bicyclic) bond motifs is 1. The highest BCUT2D eigenvalue weighted by Crippen LogP contribution is 2.27. The molecular formula is C33H43N5O4. The van der Waals surface area contributed by atoms with E-state index in [1.165, 1.54) is 5.56 Å². The van der Waals surface area contributed by atoms with Crippen molar-refractivity contribution in [1.82, 2.24) is 20.1 Å². The Morgan fingerprint density at radius 3 is 2.57 bits per heavy atom. The fourth-order valence-corrected chi connectivity index (χ4v) is 5.11. The van der Waals surface area contributed by atoms with E-state index in [9.17, 15) is 9.59 Å². The zero-order chi connectivity index (χ0) is 30.1. The van der Waals surface area contributed by atoms with Crippen LogP contribution in [0.25, 0.3) is 11.3 Å². The van der Waals surface area contributed by atoms with Gasteiger partial charge in [0.1, 0.15) is 12.4 Å². The number of ether oxygens (including phenoxy) is 2. The van der Waals surface area contributed by atoms with Crippen LogP contribution in [-0.4, -0.2) is 79.3 Å². The van der Waals surface area contributed by atoms with Crippen LogP contribution in [0.2, 0.25) is 0 Å². The number of nitrogens with zero attached hydrogens (tertiary/aromatic N) is 3. The summed E-state index contributed by atoms with van der Waals surface area (Å²) in [6.45, 7) is 9.17.